The third kappa shape index (κ3) is 8.83. The minimum atomic E-state index is -1.22. The summed E-state index contributed by atoms with van der Waals surface area (Å²) in [5, 5.41) is 15.2. The van der Waals surface area contributed by atoms with Crippen LogP contribution in [0.2, 0.25) is 0 Å². The Morgan fingerprint density at radius 1 is 1.57 bits per heavy atom. The Hall–Kier alpha value is -1.26. The highest BCUT2D eigenvalue weighted by Gasteiger charge is 2.05. The molecule has 0 aromatic carbocycles. The highest BCUT2D eigenvalue weighted by molar-refractivity contribution is 5.76. The lowest BCUT2D eigenvalue weighted by Gasteiger charge is -2.09. The number of carboxylic acid groups (broad SMARTS) is 1. The molecule has 82 valence electrons. The Kier molecular flexibility index (Phi) is 6.53. The molecule has 14 heavy (non-hydrogen) atoms. The van der Waals surface area contributed by atoms with Crippen molar-refractivity contribution < 1.29 is 14.6 Å². The van der Waals surface area contributed by atoms with Crippen LogP contribution >= 0.6 is 0 Å². The van der Waals surface area contributed by atoms with Crippen LogP contribution in [0.3, 0.4) is 0 Å². The van der Waals surface area contributed by atoms with E-state index in [4.69, 9.17) is 16.2 Å². The van der Waals surface area contributed by atoms with Crippen LogP contribution in [-0.2, 0) is 4.74 Å². The van der Waals surface area contributed by atoms with Gasteiger partial charge in [-0.2, -0.15) is 0 Å². The predicted octanol–water partition coefficient (Wildman–Crippen LogP) is 1.81. The molecule has 0 radical (unpaired) electrons. The van der Waals surface area contributed by atoms with Gasteiger partial charge in [0.1, 0.15) is 0 Å². The van der Waals surface area contributed by atoms with E-state index in [9.17, 15) is 4.79 Å². The zero-order valence-electron chi connectivity index (χ0n) is 8.45. The quantitative estimate of drug-likeness (QED) is 0.254. The first kappa shape index (κ1) is 12.7. The molecule has 5 nitrogen and oxygen atoms in total. The molecule has 0 rings (SSSR count). The average Bonchev–Trinajstić information content (AvgIpc) is 2.08. The Labute approximate surface area is 83.8 Å². The first-order chi connectivity index (χ1) is 6.52. The monoisotopic (exact) mass is 202 g/mol. The molecule has 0 heterocycles. The minimum Gasteiger partial charge on any atom is -0.450 e. The molecule has 1 unspecified atom stereocenters. The number of amidine groups is 1. The lowest BCUT2D eigenvalue weighted by atomic mass is 10.0. The molecule has 0 spiro atoms. The van der Waals surface area contributed by atoms with E-state index in [0.29, 0.717) is 6.42 Å². The van der Waals surface area contributed by atoms with Gasteiger partial charge >= 0.3 is 6.16 Å². The van der Waals surface area contributed by atoms with Gasteiger partial charge in [-0.15, -0.1) is 0 Å². The fraction of sp³-hybridized carbons (Fsp3) is 0.778. The molecule has 0 aromatic rings. The maximum atomic E-state index is 10.1. The number of carbonyl (C=O) groups is 1. The Bertz CT molecular complexity index is 194. The molecule has 0 bridgehead atoms. The molecule has 4 N–H and O–H groups in total. The van der Waals surface area contributed by atoms with Gasteiger partial charge in [-0.25, -0.2) is 4.79 Å². The molecular formula is C9H18N2O3. The maximum Gasteiger partial charge on any atom is 0.505 e. The van der Waals surface area contributed by atoms with Crippen LogP contribution < -0.4 is 5.73 Å². The summed E-state index contributed by atoms with van der Waals surface area (Å²) in [6.07, 6.45) is 2.13. The highest BCUT2D eigenvalue weighted by atomic mass is 16.7. The van der Waals surface area contributed by atoms with Crippen LogP contribution in [0.4, 0.5) is 4.79 Å². The molecule has 0 aliphatic heterocycles. The van der Waals surface area contributed by atoms with E-state index in [-0.39, 0.29) is 18.4 Å². The number of ether oxygens (including phenoxy) is 1. The summed E-state index contributed by atoms with van der Waals surface area (Å²) in [7, 11) is 0. The molecule has 1 atom stereocenters. The van der Waals surface area contributed by atoms with Crippen LogP contribution in [0.1, 0.15) is 32.6 Å². The van der Waals surface area contributed by atoms with Gasteiger partial charge in [-0.3, -0.25) is 5.41 Å². The average molecular weight is 202 g/mol. The zero-order chi connectivity index (χ0) is 11.0. The molecule has 0 amide bonds. The van der Waals surface area contributed by atoms with Crippen molar-refractivity contribution in [1.82, 2.24) is 0 Å². The van der Waals surface area contributed by atoms with Gasteiger partial charge in [0.05, 0.1) is 12.4 Å². The van der Waals surface area contributed by atoms with Gasteiger partial charge < -0.3 is 15.6 Å². The van der Waals surface area contributed by atoms with Crippen molar-refractivity contribution in [3.05, 3.63) is 0 Å². The summed E-state index contributed by atoms with van der Waals surface area (Å²) >= 11 is 0. The SMILES string of the molecule is CC(CCCCC(=N)N)COC(=O)O. The van der Waals surface area contributed by atoms with Crippen LogP contribution in [0.15, 0.2) is 0 Å². The van der Waals surface area contributed by atoms with Crippen molar-refractivity contribution in [2.45, 2.75) is 32.6 Å². The highest BCUT2D eigenvalue weighted by Crippen LogP contribution is 2.09. The van der Waals surface area contributed by atoms with Crippen molar-refractivity contribution in [3.8, 4) is 0 Å². The standard InChI is InChI=1S/C9H18N2O3/c1-7(6-14-9(12)13)4-2-3-5-8(10)11/h7H,2-6H2,1H3,(H3,10,11)(H,12,13). The summed E-state index contributed by atoms with van der Waals surface area (Å²) in [5.41, 5.74) is 5.19. The largest absolute Gasteiger partial charge is 0.505 e. The number of nitrogens with two attached hydrogens (primary N) is 1. The van der Waals surface area contributed by atoms with E-state index >= 15 is 0 Å². The van der Waals surface area contributed by atoms with Crippen molar-refractivity contribution in [2.24, 2.45) is 11.7 Å². The molecule has 0 saturated carbocycles. The van der Waals surface area contributed by atoms with Crippen molar-refractivity contribution >= 4 is 12.0 Å². The Balaban J connectivity index is 3.30. The zero-order valence-corrected chi connectivity index (χ0v) is 8.45. The number of rotatable bonds is 7. The van der Waals surface area contributed by atoms with E-state index in [1.807, 2.05) is 6.92 Å². The normalized spacial score (nSPS) is 12.1. The predicted molar refractivity (Wildman–Crippen MR) is 53.5 cm³/mol. The van der Waals surface area contributed by atoms with Crippen LogP contribution in [0, 0.1) is 11.3 Å². The van der Waals surface area contributed by atoms with Gasteiger partial charge in [-0.05, 0) is 18.8 Å². The summed E-state index contributed by atoms with van der Waals surface area (Å²) in [6.45, 7) is 2.19. The Morgan fingerprint density at radius 2 is 2.21 bits per heavy atom. The molecule has 0 fully saturated rings. The molecule has 0 aromatic heterocycles. The fourth-order valence-corrected chi connectivity index (χ4v) is 1.11. The van der Waals surface area contributed by atoms with E-state index in [0.717, 1.165) is 19.3 Å². The second-order valence-electron chi connectivity index (χ2n) is 3.45. The van der Waals surface area contributed by atoms with Gasteiger partial charge in [0.15, 0.2) is 0 Å². The van der Waals surface area contributed by atoms with Gasteiger partial charge in [0.25, 0.3) is 0 Å². The fourth-order valence-electron chi connectivity index (χ4n) is 1.11. The van der Waals surface area contributed by atoms with Crippen LogP contribution in [0.5, 0.6) is 0 Å². The van der Waals surface area contributed by atoms with Crippen molar-refractivity contribution in [2.75, 3.05) is 6.61 Å². The molecular weight excluding hydrogens is 184 g/mol. The summed E-state index contributed by atoms with van der Waals surface area (Å²) in [6, 6.07) is 0. The maximum absolute atomic E-state index is 10.1. The topological polar surface area (TPSA) is 96.4 Å². The first-order valence-corrected chi connectivity index (χ1v) is 4.71. The lowest BCUT2D eigenvalue weighted by Crippen LogP contribution is -2.11. The van der Waals surface area contributed by atoms with E-state index < -0.39 is 6.16 Å². The third-order valence-electron chi connectivity index (χ3n) is 1.88. The minimum absolute atomic E-state index is 0.208. The number of hydrogen-bond acceptors (Lipinski definition) is 3. The van der Waals surface area contributed by atoms with Crippen molar-refractivity contribution in [1.29, 1.82) is 5.41 Å². The van der Waals surface area contributed by atoms with Gasteiger partial charge in [0, 0.05) is 6.42 Å². The Morgan fingerprint density at radius 3 is 2.71 bits per heavy atom. The first-order valence-electron chi connectivity index (χ1n) is 4.71. The molecule has 0 aliphatic carbocycles. The molecule has 0 aliphatic rings. The number of unbranched alkanes of at least 4 members (excludes halogenated alkanes) is 1. The third-order valence-corrected chi connectivity index (χ3v) is 1.88. The molecule has 0 saturated heterocycles. The number of nitrogens with one attached hydrogen (secondary N) is 1. The summed E-state index contributed by atoms with van der Waals surface area (Å²) in [5.74, 6) is 0.442. The number of hydrogen-bond donors (Lipinski definition) is 3. The van der Waals surface area contributed by atoms with E-state index in [2.05, 4.69) is 4.74 Å². The van der Waals surface area contributed by atoms with Gasteiger partial charge in [-0.1, -0.05) is 13.3 Å². The van der Waals surface area contributed by atoms with E-state index in [1.54, 1.807) is 0 Å². The van der Waals surface area contributed by atoms with Crippen LogP contribution in [0.25, 0.3) is 0 Å². The van der Waals surface area contributed by atoms with E-state index in [1.165, 1.54) is 0 Å². The summed E-state index contributed by atoms with van der Waals surface area (Å²) < 4.78 is 4.43. The second-order valence-corrected chi connectivity index (χ2v) is 3.45. The van der Waals surface area contributed by atoms with Gasteiger partial charge in [0.2, 0.25) is 0 Å². The second kappa shape index (κ2) is 7.17. The van der Waals surface area contributed by atoms with Crippen LogP contribution in [-0.4, -0.2) is 23.7 Å². The molecule has 5 heteroatoms. The smallest absolute Gasteiger partial charge is 0.450 e. The lowest BCUT2D eigenvalue weighted by molar-refractivity contribution is 0.0777. The summed E-state index contributed by atoms with van der Waals surface area (Å²) in [4.78, 5) is 10.1. The van der Waals surface area contributed by atoms with Crippen molar-refractivity contribution in [3.63, 3.8) is 0 Å².